The van der Waals surface area contributed by atoms with Crippen molar-refractivity contribution in [2.75, 3.05) is 37.8 Å². The van der Waals surface area contributed by atoms with Gasteiger partial charge < -0.3 is 20.9 Å². The zero-order valence-corrected chi connectivity index (χ0v) is 13.2. The first kappa shape index (κ1) is 16.5. The Morgan fingerprint density at radius 1 is 1.18 bits per heavy atom. The van der Waals surface area contributed by atoms with Crippen LogP contribution in [-0.4, -0.2) is 49.9 Å². The molecule has 2 rings (SSSR count). The van der Waals surface area contributed by atoms with Gasteiger partial charge in [0.2, 0.25) is 11.8 Å². The number of carbonyl (C=O) groups excluding carboxylic acids is 2. The maximum absolute atomic E-state index is 12.0. The van der Waals surface area contributed by atoms with Crippen LogP contribution in [0.15, 0.2) is 24.3 Å². The monoisotopic (exact) mass is 304 g/mol. The Morgan fingerprint density at radius 3 is 2.36 bits per heavy atom. The lowest BCUT2D eigenvalue weighted by Gasteiger charge is -2.12. The van der Waals surface area contributed by atoms with E-state index in [0.29, 0.717) is 13.0 Å². The Kier molecular flexibility index (Phi) is 5.91. The molecule has 0 aromatic heterocycles. The Morgan fingerprint density at radius 2 is 1.82 bits per heavy atom. The molecule has 6 nitrogen and oxygen atoms in total. The maximum Gasteiger partial charge on any atom is 0.241 e. The standard InChI is InChI=1S/C16H24N4O2/c1-20(2)11-9-15(21)18-12-5-7-13(8-6-12)19-16(22)14-4-3-10-17-14/h5-8,14,17H,3-4,9-11H2,1-2H3,(H,18,21)(H,19,22). The van der Waals surface area contributed by atoms with Gasteiger partial charge in [-0.15, -0.1) is 0 Å². The number of nitrogens with zero attached hydrogens (tertiary/aromatic N) is 1. The molecule has 22 heavy (non-hydrogen) atoms. The minimum atomic E-state index is -0.0922. The zero-order chi connectivity index (χ0) is 15.9. The van der Waals surface area contributed by atoms with Gasteiger partial charge in [-0.3, -0.25) is 9.59 Å². The van der Waals surface area contributed by atoms with Crippen LogP contribution >= 0.6 is 0 Å². The molecule has 0 aliphatic carbocycles. The molecule has 1 aromatic carbocycles. The molecule has 1 atom stereocenters. The van der Waals surface area contributed by atoms with Gasteiger partial charge in [0, 0.05) is 24.3 Å². The third-order valence-electron chi connectivity index (χ3n) is 3.60. The lowest BCUT2D eigenvalue weighted by molar-refractivity contribution is -0.118. The fourth-order valence-electron chi connectivity index (χ4n) is 2.32. The van der Waals surface area contributed by atoms with E-state index < -0.39 is 0 Å². The second-order valence-corrected chi connectivity index (χ2v) is 5.82. The molecule has 120 valence electrons. The van der Waals surface area contributed by atoms with Gasteiger partial charge in [-0.05, 0) is 57.7 Å². The minimum Gasteiger partial charge on any atom is -0.326 e. The van der Waals surface area contributed by atoms with E-state index in [1.165, 1.54) is 0 Å². The van der Waals surface area contributed by atoms with E-state index in [1.807, 2.05) is 19.0 Å². The number of rotatable bonds is 6. The number of nitrogens with one attached hydrogen (secondary N) is 3. The fourth-order valence-corrected chi connectivity index (χ4v) is 2.32. The van der Waals surface area contributed by atoms with Gasteiger partial charge in [-0.1, -0.05) is 0 Å². The van der Waals surface area contributed by atoms with Crippen molar-refractivity contribution in [1.29, 1.82) is 0 Å². The van der Waals surface area contributed by atoms with E-state index in [4.69, 9.17) is 0 Å². The summed E-state index contributed by atoms with van der Waals surface area (Å²) >= 11 is 0. The summed E-state index contributed by atoms with van der Waals surface area (Å²) in [6.07, 6.45) is 2.38. The van der Waals surface area contributed by atoms with Gasteiger partial charge in [0.15, 0.2) is 0 Å². The summed E-state index contributed by atoms with van der Waals surface area (Å²) in [5, 5.41) is 8.89. The van der Waals surface area contributed by atoms with Crippen molar-refractivity contribution in [1.82, 2.24) is 10.2 Å². The molecular formula is C16H24N4O2. The van der Waals surface area contributed by atoms with Gasteiger partial charge in [0.1, 0.15) is 0 Å². The van der Waals surface area contributed by atoms with E-state index in [9.17, 15) is 9.59 Å². The average Bonchev–Trinajstić information content (AvgIpc) is 3.01. The first-order valence-corrected chi connectivity index (χ1v) is 7.63. The first-order chi connectivity index (χ1) is 10.5. The third-order valence-corrected chi connectivity index (χ3v) is 3.60. The summed E-state index contributed by atoms with van der Waals surface area (Å²) in [4.78, 5) is 25.7. The summed E-state index contributed by atoms with van der Waals surface area (Å²) in [7, 11) is 3.87. The van der Waals surface area contributed by atoms with E-state index in [2.05, 4.69) is 16.0 Å². The van der Waals surface area contributed by atoms with E-state index in [-0.39, 0.29) is 17.9 Å². The number of carbonyl (C=O) groups is 2. The molecule has 1 saturated heterocycles. The number of benzene rings is 1. The van der Waals surface area contributed by atoms with E-state index in [0.717, 1.165) is 30.8 Å². The highest BCUT2D eigenvalue weighted by Gasteiger charge is 2.21. The Balaban J connectivity index is 1.82. The Labute approximate surface area is 131 Å². The smallest absolute Gasteiger partial charge is 0.241 e. The Bertz CT molecular complexity index is 507. The summed E-state index contributed by atoms with van der Waals surface area (Å²) in [6.45, 7) is 1.62. The molecule has 0 radical (unpaired) electrons. The number of anilines is 2. The lowest BCUT2D eigenvalue weighted by Crippen LogP contribution is -2.35. The van der Waals surface area contributed by atoms with Crippen LogP contribution < -0.4 is 16.0 Å². The fraction of sp³-hybridized carbons (Fsp3) is 0.500. The third kappa shape index (κ3) is 5.13. The summed E-state index contributed by atoms with van der Waals surface area (Å²) in [5.41, 5.74) is 1.48. The SMILES string of the molecule is CN(C)CCC(=O)Nc1ccc(NC(=O)C2CCCN2)cc1. The van der Waals surface area contributed by atoms with Crippen molar-refractivity contribution in [3.8, 4) is 0 Å². The van der Waals surface area contributed by atoms with E-state index in [1.54, 1.807) is 24.3 Å². The summed E-state index contributed by atoms with van der Waals surface area (Å²) in [5.74, 6) is -0.0130. The highest BCUT2D eigenvalue weighted by Crippen LogP contribution is 2.15. The van der Waals surface area contributed by atoms with Crippen LogP contribution in [-0.2, 0) is 9.59 Å². The normalized spacial score (nSPS) is 17.5. The molecule has 0 spiro atoms. The largest absolute Gasteiger partial charge is 0.326 e. The lowest BCUT2D eigenvalue weighted by atomic mass is 10.2. The molecule has 1 heterocycles. The van der Waals surface area contributed by atoms with Crippen molar-refractivity contribution in [2.24, 2.45) is 0 Å². The number of hydrogen-bond donors (Lipinski definition) is 3. The first-order valence-electron chi connectivity index (χ1n) is 7.63. The maximum atomic E-state index is 12.0. The molecule has 1 unspecified atom stereocenters. The second kappa shape index (κ2) is 7.91. The average molecular weight is 304 g/mol. The predicted octanol–water partition coefficient (Wildman–Crippen LogP) is 1.27. The van der Waals surface area contributed by atoms with Crippen LogP contribution in [0.25, 0.3) is 0 Å². The highest BCUT2D eigenvalue weighted by atomic mass is 16.2. The molecule has 1 aliphatic rings. The highest BCUT2D eigenvalue weighted by molar-refractivity contribution is 5.95. The van der Waals surface area contributed by atoms with Gasteiger partial charge >= 0.3 is 0 Å². The topological polar surface area (TPSA) is 73.5 Å². The predicted molar refractivity (Wildman–Crippen MR) is 87.9 cm³/mol. The number of hydrogen-bond acceptors (Lipinski definition) is 4. The van der Waals surface area contributed by atoms with Crippen LogP contribution in [0.1, 0.15) is 19.3 Å². The van der Waals surface area contributed by atoms with Crippen molar-refractivity contribution in [3.63, 3.8) is 0 Å². The van der Waals surface area contributed by atoms with Crippen molar-refractivity contribution in [3.05, 3.63) is 24.3 Å². The van der Waals surface area contributed by atoms with Gasteiger partial charge in [-0.2, -0.15) is 0 Å². The molecule has 1 aliphatic heterocycles. The minimum absolute atomic E-state index is 0.000249. The molecule has 1 aromatic rings. The number of amides is 2. The zero-order valence-electron chi connectivity index (χ0n) is 13.2. The molecule has 2 amide bonds. The molecule has 6 heteroatoms. The summed E-state index contributed by atoms with van der Waals surface area (Å²) < 4.78 is 0. The molecule has 0 bridgehead atoms. The Hall–Kier alpha value is -1.92. The van der Waals surface area contributed by atoms with E-state index >= 15 is 0 Å². The molecule has 1 fully saturated rings. The molecular weight excluding hydrogens is 280 g/mol. The molecule has 0 saturated carbocycles. The van der Waals surface area contributed by atoms with Crippen LogP contribution in [0, 0.1) is 0 Å². The van der Waals surface area contributed by atoms with Crippen LogP contribution in [0.5, 0.6) is 0 Å². The van der Waals surface area contributed by atoms with Crippen molar-refractivity contribution < 1.29 is 9.59 Å². The van der Waals surface area contributed by atoms with Crippen molar-refractivity contribution >= 4 is 23.2 Å². The second-order valence-electron chi connectivity index (χ2n) is 5.82. The van der Waals surface area contributed by atoms with Gasteiger partial charge in [-0.25, -0.2) is 0 Å². The van der Waals surface area contributed by atoms with Crippen molar-refractivity contribution in [2.45, 2.75) is 25.3 Å². The van der Waals surface area contributed by atoms with Crippen LogP contribution in [0.2, 0.25) is 0 Å². The van der Waals surface area contributed by atoms with Gasteiger partial charge in [0.25, 0.3) is 0 Å². The summed E-state index contributed by atoms with van der Waals surface area (Å²) in [6, 6.07) is 7.10. The van der Waals surface area contributed by atoms with Crippen LogP contribution in [0.3, 0.4) is 0 Å². The quantitative estimate of drug-likeness (QED) is 0.740. The van der Waals surface area contributed by atoms with Crippen LogP contribution in [0.4, 0.5) is 11.4 Å². The van der Waals surface area contributed by atoms with Gasteiger partial charge in [0.05, 0.1) is 6.04 Å². The molecule has 3 N–H and O–H groups in total.